The van der Waals surface area contributed by atoms with Crippen LogP contribution in [0.4, 0.5) is 0 Å². The molecular weight excluding hydrogens is 652 g/mol. The molecule has 4 aromatic rings. The molecule has 5 atom stereocenters. The zero-order valence-corrected chi connectivity index (χ0v) is 30.1. The van der Waals surface area contributed by atoms with E-state index in [1.165, 1.54) is 0 Å². The van der Waals surface area contributed by atoms with E-state index >= 15 is 0 Å². The molecule has 0 spiro atoms. The number of amides is 4. The summed E-state index contributed by atoms with van der Waals surface area (Å²) in [5, 5.41) is 14.2. The second-order valence-electron chi connectivity index (χ2n) is 13.9. The summed E-state index contributed by atoms with van der Waals surface area (Å²) in [4.78, 5) is 57.7. The molecule has 0 aliphatic heterocycles. The summed E-state index contributed by atoms with van der Waals surface area (Å²) in [7, 11) is 0. The van der Waals surface area contributed by atoms with Gasteiger partial charge in [-0.15, -0.1) is 0 Å². The van der Waals surface area contributed by atoms with Gasteiger partial charge in [0.1, 0.15) is 6.04 Å². The average molecular weight is 705 g/mol. The van der Waals surface area contributed by atoms with Gasteiger partial charge in [-0.25, -0.2) is 4.90 Å². The minimum Gasteiger partial charge on any atom is -0.391 e. The molecule has 0 saturated heterocycles. The number of hydrogen-bond acceptors (Lipinski definition) is 7. The van der Waals surface area contributed by atoms with Crippen LogP contribution in [0.3, 0.4) is 0 Å². The highest BCUT2D eigenvalue weighted by Gasteiger charge is 2.39. The molecule has 274 valence electrons. The van der Waals surface area contributed by atoms with Crippen LogP contribution in [0.2, 0.25) is 0 Å². The van der Waals surface area contributed by atoms with Crippen molar-refractivity contribution in [1.29, 1.82) is 0 Å². The van der Waals surface area contributed by atoms with Crippen LogP contribution in [-0.4, -0.2) is 57.9 Å². The Kier molecular flexibility index (Phi) is 15.4. The molecule has 6 N–H and O–H groups in total. The van der Waals surface area contributed by atoms with Crippen LogP contribution >= 0.6 is 0 Å². The van der Waals surface area contributed by atoms with Crippen molar-refractivity contribution in [1.82, 2.24) is 10.2 Å². The fourth-order valence-electron chi connectivity index (χ4n) is 6.30. The van der Waals surface area contributed by atoms with Gasteiger partial charge in [-0.1, -0.05) is 135 Å². The highest BCUT2D eigenvalue weighted by molar-refractivity contribution is 6.13. The third kappa shape index (κ3) is 12.4. The first kappa shape index (κ1) is 39.8. The van der Waals surface area contributed by atoms with Gasteiger partial charge >= 0.3 is 0 Å². The molecule has 0 aliphatic carbocycles. The number of aliphatic hydroxyl groups is 1. The Hall–Kier alpha value is -4.96. The predicted octanol–water partition coefficient (Wildman–Crippen LogP) is 4.78. The van der Waals surface area contributed by atoms with Gasteiger partial charge in [0.25, 0.3) is 5.91 Å². The van der Waals surface area contributed by atoms with Gasteiger partial charge in [0.15, 0.2) is 0 Å². The van der Waals surface area contributed by atoms with Gasteiger partial charge in [0.2, 0.25) is 17.7 Å². The molecule has 0 fully saturated rings. The monoisotopic (exact) mass is 704 g/mol. The molecule has 0 radical (unpaired) electrons. The first-order valence-electron chi connectivity index (χ1n) is 18.1. The maximum atomic E-state index is 14.8. The Morgan fingerprint density at radius 1 is 0.635 bits per heavy atom. The van der Waals surface area contributed by atoms with E-state index in [0.717, 1.165) is 22.3 Å². The molecule has 4 amide bonds. The zero-order chi connectivity index (χ0) is 37.5. The summed E-state index contributed by atoms with van der Waals surface area (Å²) >= 11 is 0. The van der Waals surface area contributed by atoms with Crippen molar-refractivity contribution in [3.63, 3.8) is 0 Å². The molecule has 0 aliphatic rings. The van der Waals surface area contributed by atoms with Crippen LogP contribution in [0.15, 0.2) is 121 Å². The fraction of sp³-hybridized carbons (Fsp3) is 0.349. The third-order valence-corrected chi connectivity index (χ3v) is 9.13. The summed E-state index contributed by atoms with van der Waals surface area (Å²) in [5.74, 6) is -3.70. The van der Waals surface area contributed by atoms with E-state index in [4.69, 9.17) is 11.5 Å². The van der Waals surface area contributed by atoms with Crippen LogP contribution in [0.5, 0.6) is 0 Å². The summed E-state index contributed by atoms with van der Waals surface area (Å²) < 4.78 is 0. The number of imide groups is 3. The minimum absolute atomic E-state index is 0.0312. The molecule has 0 aromatic heterocycles. The largest absolute Gasteiger partial charge is 0.391 e. The Morgan fingerprint density at radius 3 is 1.60 bits per heavy atom. The predicted molar refractivity (Wildman–Crippen MR) is 204 cm³/mol. The van der Waals surface area contributed by atoms with Crippen molar-refractivity contribution in [2.24, 2.45) is 23.3 Å². The van der Waals surface area contributed by atoms with E-state index in [1.54, 1.807) is 0 Å². The lowest BCUT2D eigenvalue weighted by Gasteiger charge is -2.31. The van der Waals surface area contributed by atoms with E-state index < -0.39 is 53.8 Å². The zero-order valence-electron chi connectivity index (χ0n) is 30.1. The Morgan fingerprint density at radius 2 is 1.10 bits per heavy atom. The van der Waals surface area contributed by atoms with Crippen molar-refractivity contribution in [3.8, 4) is 0 Å². The Bertz CT molecular complexity index is 1700. The van der Waals surface area contributed by atoms with Crippen molar-refractivity contribution in [3.05, 3.63) is 144 Å². The number of aliphatic hydroxyl groups excluding tert-OH is 1. The van der Waals surface area contributed by atoms with Crippen molar-refractivity contribution in [2.45, 2.75) is 83.0 Å². The van der Waals surface area contributed by atoms with Crippen LogP contribution in [0.1, 0.15) is 55.4 Å². The summed E-state index contributed by atoms with van der Waals surface area (Å²) in [6.07, 6.45) is -0.113. The maximum Gasteiger partial charge on any atom is 0.258 e. The number of nitrogens with zero attached hydrogens (tertiary/aromatic N) is 1. The third-order valence-electron chi connectivity index (χ3n) is 9.13. The van der Waals surface area contributed by atoms with Gasteiger partial charge in [-0.05, 0) is 60.3 Å². The van der Waals surface area contributed by atoms with E-state index in [1.807, 2.05) is 135 Å². The highest BCUT2D eigenvalue weighted by Crippen LogP contribution is 2.22. The molecule has 9 heteroatoms. The Labute approximate surface area is 307 Å². The number of aryl methyl sites for hydroxylation is 1. The minimum atomic E-state index is -1.26. The molecule has 4 aromatic carbocycles. The van der Waals surface area contributed by atoms with Crippen molar-refractivity contribution >= 4 is 23.6 Å². The molecule has 0 saturated carbocycles. The van der Waals surface area contributed by atoms with Gasteiger partial charge in [0.05, 0.1) is 12.1 Å². The molecule has 4 rings (SSSR count). The van der Waals surface area contributed by atoms with E-state index in [2.05, 4.69) is 5.32 Å². The van der Waals surface area contributed by atoms with Gasteiger partial charge in [0, 0.05) is 24.8 Å². The normalized spacial score (nSPS) is 14.1. The van der Waals surface area contributed by atoms with Crippen LogP contribution in [-0.2, 0) is 44.9 Å². The second kappa shape index (κ2) is 20.2. The van der Waals surface area contributed by atoms with E-state index in [0.29, 0.717) is 24.2 Å². The lowest BCUT2D eigenvalue weighted by Crippen LogP contribution is -2.57. The molecule has 9 nitrogen and oxygen atoms in total. The topological polar surface area (TPSA) is 156 Å². The molecule has 52 heavy (non-hydrogen) atoms. The maximum absolute atomic E-state index is 14.8. The van der Waals surface area contributed by atoms with Crippen LogP contribution in [0, 0.1) is 11.8 Å². The summed E-state index contributed by atoms with van der Waals surface area (Å²) in [5.41, 5.74) is 16.0. The Balaban J connectivity index is 1.70. The number of hydrogen-bond donors (Lipinski definition) is 4. The molecule has 0 bridgehead atoms. The van der Waals surface area contributed by atoms with Gasteiger partial charge < -0.3 is 21.9 Å². The number of nitrogens with two attached hydrogens (primary N) is 2. The lowest BCUT2D eigenvalue weighted by atomic mass is 9.88. The summed E-state index contributed by atoms with van der Waals surface area (Å²) in [6.45, 7) is 3.89. The standard InChI is InChI=1S/C43H52N4O5/c1-30(2)25-37(45)41(50)46-38(28-34-21-13-6-14-22-34)43(52)47(40(49)24-23-31-15-7-3-8-16-31)42(51)35(26-32-17-9-4-10-18-32)29-39(48)36(44)27-33-19-11-5-12-20-33/h3-22,30,35-39,48H,23-29,44-45H2,1-2H3,(H,46,50)/t35-,36+,37+,38+,39+/m1/s1. The van der Waals surface area contributed by atoms with E-state index in [-0.39, 0.29) is 31.6 Å². The highest BCUT2D eigenvalue weighted by atomic mass is 16.3. The number of carbonyl (C=O) groups excluding carboxylic acids is 4. The van der Waals surface area contributed by atoms with Crippen LogP contribution < -0.4 is 16.8 Å². The van der Waals surface area contributed by atoms with Crippen molar-refractivity contribution in [2.75, 3.05) is 0 Å². The first-order valence-corrected chi connectivity index (χ1v) is 18.1. The quantitative estimate of drug-likeness (QED) is 0.116. The van der Waals surface area contributed by atoms with Crippen molar-refractivity contribution < 1.29 is 24.3 Å². The SMILES string of the molecule is CC(C)C[C@H](N)C(=O)N[C@@H](Cc1ccccc1)C(=O)N(C(=O)CCc1ccccc1)C(=O)[C@H](Cc1ccccc1)C[C@H](O)[C@@H](N)Cc1ccccc1. The molecule has 0 unspecified atom stereocenters. The molecule has 0 heterocycles. The number of rotatable bonds is 18. The fourth-order valence-corrected chi connectivity index (χ4v) is 6.30. The van der Waals surface area contributed by atoms with Crippen LogP contribution in [0.25, 0.3) is 0 Å². The summed E-state index contributed by atoms with van der Waals surface area (Å²) in [6, 6.07) is 34.3. The average Bonchev–Trinajstić information content (AvgIpc) is 3.14. The first-order chi connectivity index (χ1) is 25.0. The second-order valence-corrected chi connectivity index (χ2v) is 13.9. The van der Waals surface area contributed by atoms with E-state index in [9.17, 15) is 24.3 Å². The number of nitrogens with one attached hydrogen (secondary N) is 1. The van der Waals surface area contributed by atoms with Gasteiger partial charge in [-0.2, -0.15) is 0 Å². The lowest BCUT2D eigenvalue weighted by molar-refractivity contribution is -0.158. The molecular formula is C43H52N4O5. The van der Waals surface area contributed by atoms with Gasteiger partial charge in [-0.3, -0.25) is 19.2 Å². The number of benzene rings is 4. The smallest absolute Gasteiger partial charge is 0.258 e. The number of carbonyl (C=O) groups is 4.